The van der Waals surface area contributed by atoms with Crippen molar-refractivity contribution in [1.82, 2.24) is 0 Å². The fraction of sp³-hybridized carbons (Fsp3) is 0.769. The number of hydrogen-bond donors (Lipinski definition) is 0. The summed E-state index contributed by atoms with van der Waals surface area (Å²) in [5.41, 5.74) is 0.498. The summed E-state index contributed by atoms with van der Waals surface area (Å²) in [6.07, 6.45) is 40.8. The molecular formula is C52H84. The molecule has 4 fully saturated rings. The first kappa shape index (κ1) is 41.6. The lowest BCUT2D eigenvalue weighted by Crippen LogP contribution is -2.34. The molecule has 10 aliphatic carbocycles. The molecule has 0 heterocycles. The van der Waals surface area contributed by atoms with Crippen LogP contribution in [0.2, 0.25) is 0 Å². The maximum absolute atomic E-state index is 2.55. The van der Waals surface area contributed by atoms with Crippen LogP contribution in [0.1, 0.15) is 141 Å². The summed E-state index contributed by atoms with van der Waals surface area (Å²) >= 11 is 0. The Balaban J connectivity index is 0.000000124. The highest BCUT2D eigenvalue weighted by Gasteiger charge is 2.62. The van der Waals surface area contributed by atoms with Crippen molar-refractivity contribution in [2.75, 3.05) is 0 Å². The van der Waals surface area contributed by atoms with Crippen molar-refractivity contribution in [2.45, 2.75) is 141 Å². The van der Waals surface area contributed by atoms with E-state index in [1.807, 2.05) is 0 Å². The van der Waals surface area contributed by atoms with Crippen LogP contribution in [0.25, 0.3) is 0 Å². The van der Waals surface area contributed by atoms with Gasteiger partial charge in [0.05, 0.1) is 0 Å². The van der Waals surface area contributed by atoms with Gasteiger partial charge in [-0.1, -0.05) is 156 Å². The van der Waals surface area contributed by atoms with Crippen molar-refractivity contribution in [2.24, 2.45) is 112 Å². The van der Waals surface area contributed by atoms with Gasteiger partial charge in [0.2, 0.25) is 0 Å². The van der Waals surface area contributed by atoms with Crippen molar-refractivity contribution in [3.8, 4) is 0 Å². The zero-order valence-corrected chi connectivity index (χ0v) is 36.2. The summed E-state index contributed by atoms with van der Waals surface area (Å²) in [4.78, 5) is 0. The predicted octanol–water partition coefficient (Wildman–Crippen LogP) is 15.2. The molecule has 0 radical (unpaired) electrons. The van der Waals surface area contributed by atoms with Crippen molar-refractivity contribution >= 4 is 0 Å². The van der Waals surface area contributed by atoms with E-state index >= 15 is 0 Å². The fourth-order valence-electron chi connectivity index (χ4n) is 11.7. The molecule has 0 heteroatoms. The highest BCUT2D eigenvalue weighted by molar-refractivity contribution is 5.21. The quantitative estimate of drug-likeness (QED) is 0.174. The van der Waals surface area contributed by atoms with Gasteiger partial charge >= 0.3 is 0 Å². The molecule has 292 valence electrons. The standard InChI is InChI=1S/C14H20.C9H14.2C8H14.C7H12.C6H10/c1-7-8(2)12-6-11(7)13-9-3-4-10(5-9)14(12)13;1-6-7(2)9-4-3-8(6)5-9;1-8(2)6-4-3-5-7-8;1-7-5-3-4-6-8(7)2;1-6-4-3-5-7(6)2;1-5-3-4-6(5)2/h3-4,7-14H,5-6H2,1-2H3;3-4,6-9H,5H2,1-2H3;4,6H,3,5,7H2,1-2H3;3,5,7-8H,4,6H2,1-2H3;3-4,6-7H,5H2,1-2H3;3-6H,1-2H3. The van der Waals surface area contributed by atoms with Crippen LogP contribution in [0.4, 0.5) is 0 Å². The van der Waals surface area contributed by atoms with Crippen molar-refractivity contribution in [1.29, 1.82) is 0 Å². The second-order valence-corrected chi connectivity index (χ2v) is 20.8. The third-order valence-corrected chi connectivity index (χ3v) is 16.9. The Kier molecular flexibility index (Phi) is 14.7. The van der Waals surface area contributed by atoms with Crippen LogP contribution in [0.5, 0.6) is 0 Å². The molecule has 0 N–H and O–H groups in total. The molecule has 0 saturated heterocycles. The van der Waals surface area contributed by atoms with E-state index in [2.05, 4.69) is 156 Å². The minimum absolute atomic E-state index is 0.498. The SMILES string of the molecule is CC1(C)C=CCCC1.CC1C(C)C2CC1C1C3C=CC(C3)C21.CC1C2C=CC(C2)C1C.CC1C=CC1C.CC1C=CCC1C.CC1C=CCCC1C. The van der Waals surface area contributed by atoms with E-state index in [1.54, 1.807) is 6.42 Å². The average molecular weight is 709 g/mol. The third kappa shape index (κ3) is 9.99. The van der Waals surface area contributed by atoms with Gasteiger partial charge in [-0.25, -0.2) is 0 Å². The Bertz CT molecular complexity index is 1230. The summed E-state index contributed by atoms with van der Waals surface area (Å²) < 4.78 is 0. The molecule has 0 aromatic carbocycles. The van der Waals surface area contributed by atoms with Crippen LogP contribution in [-0.2, 0) is 0 Å². The highest BCUT2D eigenvalue weighted by atomic mass is 14.7. The molecule has 18 atom stereocenters. The Morgan fingerprint density at radius 2 is 0.942 bits per heavy atom. The molecule has 0 nitrogen and oxygen atoms in total. The van der Waals surface area contributed by atoms with Gasteiger partial charge in [0.25, 0.3) is 0 Å². The van der Waals surface area contributed by atoms with Crippen LogP contribution in [0.3, 0.4) is 0 Å². The molecule has 0 aliphatic heterocycles. The number of hydrogen-bond acceptors (Lipinski definition) is 0. The van der Waals surface area contributed by atoms with Gasteiger partial charge < -0.3 is 0 Å². The summed E-state index contributed by atoms with van der Waals surface area (Å²) in [6, 6.07) is 0. The van der Waals surface area contributed by atoms with Crippen LogP contribution in [-0.4, -0.2) is 0 Å². The Morgan fingerprint density at radius 3 is 1.23 bits per heavy atom. The van der Waals surface area contributed by atoms with Gasteiger partial charge in [-0.15, -0.1) is 0 Å². The molecule has 18 unspecified atom stereocenters. The van der Waals surface area contributed by atoms with Gasteiger partial charge in [-0.3, -0.25) is 0 Å². The van der Waals surface area contributed by atoms with Crippen molar-refractivity contribution in [3.63, 3.8) is 0 Å². The largest absolute Gasteiger partial charge is 0.0882 e. The van der Waals surface area contributed by atoms with E-state index in [1.165, 1.54) is 51.4 Å². The van der Waals surface area contributed by atoms with Crippen LogP contribution in [0.15, 0.2) is 72.9 Å². The second kappa shape index (κ2) is 18.4. The first-order valence-electron chi connectivity index (χ1n) is 22.7. The fourth-order valence-corrected chi connectivity index (χ4v) is 11.7. The molecule has 4 saturated carbocycles. The summed E-state index contributed by atoms with van der Waals surface area (Å²) in [6.45, 7) is 28.1. The third-order valence-electron chi connectivity index (χ3n) is 16.9. The minimum Gasteiger partial charge on any atom is -0.0882 e. The highest BCUT2D eigenvalue weighted by Crippen LogP contribution is 2.68. The molecule has 52 heavy (non-hydrogen) atoms. The molecular weight excluding hydrogens is 625 g/mol. The average Bonchev–Trinajstić information content (AvgIpc) is 4.00. The molecule has 0 spiro atoms. The maximum Gasteiger partial charge on any atom is -0.0175 e. The van der Waals surface area contributed by atoms with Gasteiger partial charge in [-0.2, -0.15) is 0 Å². The Hall–Kier alpha value is -1.56. The zero-order chi connectivity index (χ0) is 37.7. The Morgan fingerprint density at radius 1 is 0.442 bits per heavy atom. The lowest BCUT2D eigenvalue weighted by molar-refractivity contribution is 0.108. The molecule has 0 aromatic heterocycles. The monoisotopic (exact) mass is 709 g/mol. The summed E-state index contributed by atoms with van der Waals surface area (Å²) in [5.74, 6) is 17.4. The van der Waals surface area contributed by atoms with E-state index < -0.39 is 0 Å². The molecule has 6 bridgehead atoms. The minimum atomic E-state index is 0.498. The first-order chi connectivity index (χ1) is 24.7. The van der Waals surface area contributed by atoms with Crippen LogP contribution < -0.4 is 0 Å². The predicted molar refractivity (Wildman–Crippen MR) is 230 cm³/mol. The first-order valence-corrected chi connectivity index (χ1v) is 22.7. The van der Waals surface area contributed by atoms with E-state index in [-0.39, 0.29) is 0 Å². The lowest BCUT2D eigenvalue weighted by Gasteiger charge is -2.39. The van der Waals surface area contributed by atoms with Crippen molar-refractivity contribution in [3.05, 3.63) is 72.9 Å². The molecule has 0 aromatic rings. The number of rotatable bonds is 0. The molecule has 10 rings (SSSR count). The van der Waals surface area contributed by atoms with Gasteiger partial charge in [0, 0.05) is 0 Å². The molecule has 10 aliphatic rings. The van der Waals surface area contributed by atoms with Crippen molar-refractivity contribution < 1.29 is 0 Å². The van der Waals surface area contributed by atoms with E-state index in [9.17, 15) is 0 Å². The number of allylic oxidation sites excluding steroid dienone is 12. The summed E-state index contributed by atoms with van der Waals surface area (Å²) in [5, 5.41) is 0. The van der Waals surface area contributed by atoms with Gasteiger partial charge in [0.1, 0.15) is 0 Å². The summed E-state index contributed by atoms with van der Waals surface area (Å²) in [7, 11) is 0. The maximum atomic E-state index is 2.55. The van der Waals surface area contributed by atoms with Crippen LogP contribution in [0, 0.1) is 112 Å². The lowest BCUT2D eigenvalue weighted by atomic mass is 9.66. The smallest absolute Gasteiger partial charge is 0.0175 e. The Labute approximate surface area is 324 Å². The van der Waals surface area contributed by atoms with Gasteiger partial charge in [-0.05, 0) is 170 Å². The molecule has 0 amide bonds. The second-order valence-electron chi connectivity index (χ2n) is 20.8. The topological polar surface area (TPSA) is 0 Å². The zero-order valence-electron chi connectivity index (χ0n) is 36.2. The van der Waals surface area contributed by atoms with E-state index in [0.29, 0.717) is 5.41 Å². The van der Waals surface area contributed by atoms with E-state index in [0.717, 1.165) is 107 Å². The van der Waals surface area contributed by atoms with Crippen LogP contribution >= 0.6 is 0 Å². The normalized spacial score (nSPS) is 47.8. The van der Waals surface area contributed by atoms with E-state index in [4.69, 9.17) is 0 Å². The van der Waals surface area contributed by atoms with Gasteiger partial charge in [0.15, 0.2) is 0 Å². The number of fused-ring (bicyclic) bond motifs is 11.